The van der Waals surface area contributed by atoms with Crippen molar-refractivity contribution < 1.29 is 4.39 Å². The van der Waals surface area contributed by atoms with Crippen molar-refractivity contribution in [2.45, 2.75) is 51.6 Å². The van der Waals surface area contributed by atoms with E-state index in [1.54, 1.807) is 0 Å². The van der Waals surface area contributed by atoms with Crippen molar-refractivity contribution in [1.29, 1.82) is 0 Å². The van der Waals surface area contributed by atoms with Crippen LogP contribution in [0.4, 0.5) is 4.39 Å². The highest BCUT2D eigenvalue weighted by atomic mass is 19.1. The molecule has 0 spiro atoms. The van der Waals surface area contributed by atoms with Gasteiger partial charge in [0.15, 0.2) is 0 Å². The molecule has 1 aliphatic rings. The van der Waals surface area contributed by atoms with Crippen LogP contribution in [0.5, 0.6) is 0 Å². The number of benzene rings is 1. The van der Waals surface area contributed by atoms with Crippen LogP contribution in [-0.2, 0) is 6.54 Å². The summed E-state index contributed by atoms with van der Waals surface area (Å²) in [6.45, 7) is 3.15. The maximum absolute atomic E-state index is 12.8. The van der Waals surface area contributed by atoms with Crippen molar-refractivity contribution in [3.8, 4) is 0 Å². The molecule has 2 heteroatoms. The topological polar surface area (TPSA) is 12.0 Å². The molecule has 0 amide bonds. The highest BCUT2D eigenvalue weighted by Crippen LogP contribution is 2.26. The summed E-state index contributed by atoms with van der Waals surface area (Å²) >= 11 is 0. The Morgan fingerprint density at radius 3 is 2.71 bits per heavy atom. The summed E-state index contributed by atoms with van der Waals surface area (Å²) in [7, 11) is 0. The third kappa shape index (κ3) is 3.81. The Morgan fingerprint density at radius 2 is 2.00 bits per heavy atom. The molecular formula is C15H22FN. The summed E-state index contributed by atoms with van der Waals surface area (Å²) in [5, 5.41) is 3.60. The van der Waals surface area contributed by atoms with Crippen LogP contribution in [0.3, 0.4) is 0 Å². The molecule has 1 aromatic carbocycles. The first-order valence-corrected chi connectivity index (χ1v) is 6.75. The number of nitrogens with one attached hydrogen (secondary N) is 1. The first-order valence-electron chi connectivity index (χ1n) is 6.75. The first kappa shape index (κ1) is 12.6. The smallest absolute Gasteiger partial charge is 0.123 e. The van der Waals surface area contributed by atoms with E-state index in [0.717, 1.165) is 12.5 Å². The minimum absolute atomic E-state index is 0.155. The lowest BCUT2D eigenvalue weighted by Crippen LogP contribution is -2.33. The number of hydrogen-bond donors (Lipinski definition) is 1. The maximum Gasteiger partial charge on any atom is 0.123 e. The third-order valence-electron chi connectivity index (χ3n) is 3.87. The molecule has 1 nitrogen and oxygen atoms in total. The van der Waals surface area contributed by atoms with E-state index in [1.165, 1.54) is 49.8 Å². The molecule has 0 bridgehead atoms. The normalized spacial score (nSPS) is 24.8. The monoisotopic (exact) mass is 235 g/mol. The highest BCUT2D eigenvalue weighted by molar-refractivity contribution is 5.15. The van der Waals surface area contributed by atoms with E-state index in [9.17, 15) is 4.39 Å². The summed E-state index contributed by atoms with van der Waals surface area (Å²) in [5.74, 6) is 0.743. The van der Waals surface area contributed by atoms with E-state index >= 15 is 0 Å². The SMILES string of the molecule is CCC1CCCC(NCc2ccc(F)cc2)C1. The Kier molecular flexibility index (Phi) is 4.55. The molecule has 94 valence electrons. The molecule has 2 unspecified atom stereocenters. The largest absolute Gasteiger partial charge is 0.310 e. The average molecular weight is 235 g/mol. The van der Waals surface area contributed by atoms with Gasteiger partial charge in [0.05, 0.1) is 0 Å². The number of hydrogen-bond acceptors (Lipinski definition) is 1. The molecule has 0 heterocycles. The van der Waals surface area contributed by atoms with E-state index in [2.05, 4.69) is 12.2 Å². The van der Waals surface area contributed by atoms with Crippen LogP contribution < -0.4 is 5.32 Å². The van der Waals surface area contributed by atoms with Gasteiger partial charge in [-0.2, -0.15) is 0 Å². The van der Waals surface area contributed by atoms with Crippen LogP contribution in [0.2, 0.25) is 0 Å². The van der Waals surface area contributed by atoms with E-state index in [0.29, 0.717) is 6.04 Å². The number of halogens is 1. The van der Waals surface area contributed by atoms with E-state index in [1.807, 2.05) is 12.1 Å². The van der Waals surface area contributed by atoms with Gasteiger partial charge in [0.2, 0.25) is 0 Å². The third-order valence-corrected chi connectivity index (χ3v) is 3.87. The van der Waals surface area contributed by atoms with Crippen LogP contribution in [0.15, 0.2) is 24.3 Å². The standard InChI is InChI=1S/C15H22FN/c1-2-12-4-3-5-15(10-12)17-11-13-6-8-14(16)9-7-13/h6-9,12,15,17H,2-5,10-11H2,1H3. The Balaban J connectivity index is 1.79. The Bertz CT molecular complexity index is 333. The zero-order valence-electron chi connectivity index (χ0n) is 10.6. The zero-order chi connectivity index (χ0) is 12.1. The lowest BCUT2D eigenvalue weighted by Gasteiger charge is -2.29. The van der Waals surface area contributed by atoms with Gasteiger partial charge >= 0.3 is 0 Å². The fourth-order valence-corrected chi connectivity index (χ4v) is 2.71. The van der Waals surface area contributed by atoms with Gasteiger partial charge in [-0.1, -0.05) is 38.3 Å². The molecule has 0 aromatic heterocycles. The van der Waals surface area contributed by atoms with Gasteiger partial charge in [0, 0.05) is 12.6 Å². The first-order chi connectivity index (χ1) is 8.28. The molecule has 0 saturated heterocycles. The van der Waals surface area contributed by atoms with Gasteiger partial charge in [0.1, 0.15) is 5.82 Å². The number of rotatable bonds is 4. The predicted molar refractivity (Wildman–Crippen MR) is 69.3 cm³/mol. The Morgan fingerprint density at radius 1 is 1.24 bits per heavy atom. The second-order valence-corrected chi connectivity index (χ2v) is 5.15. The summed E-state index contributed by atoms with van der Waals surface area (Å²) in [4.78, 5) is 0. The fourth-order valence-electron chi connectivity index (χ4n) is 2.71. The summed E-state index contributed by atoms with van der Waals surface area (Å²) in [6.07, 6.45) is 6.63. The molecule has 1 aliphatic carbocycles. The second kappa shape index (κ2) is 6.15. The molecule has 1 saturated carbocycles. The van der Waals surface area contributed by atoms with Gasteiger partial charge in [-0.05, 0) is 36.5 Å². The Labute approximate surface area is 103 Å². The molecule has 1 N–H and O–H groups in total. The van der Waals surface area contributed by atoms with Crippen molar-refractivity contribution in [2.24, 2.45) is 5.92 Å². The van der Waals surface area contributed by atoms with Crippen LogP contribution in [0.1, 0.15) is 44.6 Å². The summed E-state index contributed by atoms with van der Waals surface area (Å²) < 4.78 is 12.8. The van der Waals surface area contributed by atoms with Crippen molar-refractivity contribution in [3.63, 3.8) is 0 Å². The molecule has 2 atom stereocenters. The lowest BCUT2D eigenvalue weighted by atomic mass is 9.84. The molecule has 17 heavy (non-hydrogen) atoms. The lowest BCUT2D eigenvalue weighted by molar-refractivity contribution is 0.278. The van der Waals surface area contributed by atoms with E-state index < -0.39 is 0 Å². The predicted octanol–water partition coefficient (Wildman–Crippen LogP) is 3.88. The van der Waals surface area contributed by atoms with E-state index in [4.69, 9.17) is 0 Å². The van der Waals surface area contributed by atoms with Crippen LogP contribution in [-0.4, -0.2) is 6.04 Å². The molecule has 1 aromatic rings. The van der Waals surface area contributed by atoms with Crippen molar-refractivity contribution in [3.05, 3.63) is 35.6 Å². The van der Waals surface area contributed by atoms with Crippen LogP contribution >= 0.6 is 0 Å². The van der Waals surface area contributed by atoms with Crippen molar-refractivity contribution in [2.75, 3.05) is 0 Å². The maximum atomic E-state index is 12.8. The van der Waals surface area contributed by atoms with Gasteiger partial charge in [0.25, 0.3) is 0 Å². The van der Waals surface area contributed by atoms with Crippen molar-refractivity contribution in [1.82, 2.24) is 5.32 Å². The summed E-state index contributed by atoms with van der Waals surface area (Å²) in [6, 6.07) is 7.45. The molecular weight excluding hydrogens is 213 g/mol. The molecule has 0 radical (unpaired) electrons. The van der Waals surface area contributed by atoms with Gasteiger partial charge in [-0.3, -0.25) is 0 Å². The quantitative estimate of drug-likeness (QED) is 0.835. The average Bonchev–Trinajstić information content (AvgIpc) is 2.38. The minimum atomic E-state index is -0.155. The van der Waals surface area contributed by atoms with Gasteiger partial charge < -0.3 is 5.32 Å². The molecule has 1 fully saturated rings. The van der Waals surface area contributed by atoms with Crippen LogP contribution in [0, 0.1) is 11.7 Å². The summed E-state index contributed by atoms with van der Waals surface area (Å²) in [5.41, 5.74) is 1.17. The highest BCUT2D eigenvalue weighted by Gasteiger charge is 2.19. The fraction of sp³-hybridized carbons (Fsp3) is 0.600. The van der Waals surface area contributed by atoms with E-state index in [-0.39, 0.29) is 5.82 Å². The minimum Gasteiger partial charge on any atom is -0.310 e. The molecule has 0 aliphatic heterocycles. The van der Waals surface area contributed by atoms with Crippen molar-refractivity contribution >= 4 is 0 Å². The van der Waals surface area contributed by atoms with Crippen LogP contribution in [0.25, 0.3) is 0 Å². The van der Waals surface area contributed by atoms with Gasteiger partial charge in [-0.25, -0.2) is 4.39 Å². The van der Waals surface area contributed by atoms with Gasteiger partial charge in [-0.15, -0.1) is 0 Å². The Hall–Kier alpha value is -0.890. The second-order valence-electron chi connectivity index (χ2n) is 5.15. The molecule has 2 rings (SSSR count). The zero-order valence-corrected chi connectivity index (χ0v) is 10.6.